The molecule has 0 saturated carbocycles. The molecule has 0 aliphatic heterocycles. The van der Waals surface area contributed by atoms with Crippen molar-refractivity contribution in [3.8, 4) is 0 Å². The number of hydrogen-bond donors (Lipinski definition) is 1. The Kier molecular flexibility index (Phi) is 4.96. The second-order valence-corrected chi connectivity index (χ2v) is 5.85. The zero-order valence-corrected chi connectivity index (χ0v) is 13.5. The molecule has 0 spiro atoms. The molecule has 0 saturated heterocycles. The van der Waals surface area contributed by atoms with Gasteiger partial charge in [-0.3, -0.25) is 4.79 Å². The van der Waals surface area contributed by atoms with E-state index in [1.54, 1.807) is 18.2 Å². The fourth-order valence-corrected chi connectivity index (χ4v) is 2.63. The number of aryl methyl sites for hydroxylation is 3. The van der Waals surface area contributed by atoms with Gasteiger partial charge >= 0.3 is 0 Å². The molecular weight excluding hydrogens is 277 g/mol. The molecule has 3 heteroatoms. The van der Waals surface area contributed by atoms with Crippen molar-refractivity contribution in [3.05, 3.63) is 70.0 Å². The Morgan fingerprint density at radius 3 is 2.41 bits per heavy atom. The molecular formula is C19H22FNO. The van der Waals surface area contributed by atoms with Gasteiger partial charge in [-0.05, 0) is 61.6 Å². The molecule has 116 valence electrons. The van der Waals surface area contributed by atoms with Crippen molar-refractivity contribution in [1.82, 2.24) is 5.32 Å². The molecule has 2 aromatic rings. The van der Waals surface area contributed by atoms with Crippen molar-refractivity contribution in [1.29, 1.82) is 0 Å². The molecule has 0 aliphatic rings. The third kappa shape index (κ3) is 3.73. The first kappa shape index (κ1) is 16.2. The Morgan fingerprint density at radius 2 is 1.73 bits per heavy atom. The van der Waals surface area contributed by atoms with Gasteiger partial charge in [-0.2, -0.15) is 0 Å². The lowest BCUT2D eigenvalue weighted by Crippen LogP contribution is -2.28. The molecule has 0 unspecified atom stereocenters. The molecule has 1 N–H and O–H groups in total. The second-order valence-electron chi connectivity index (χ2n) is 5.85. The van der Waals surface area contributed by atoms with Gasteiger partial charge in [-0.25, -0.2) is 4.39 Å². The van der Waals surface area contributed by atoms with Gasteiger partial charge < -0.3 is 5.32 Å². The molecule has 0 aromatic heterocycles. The van der Waals surface area contributed by atoms with E-state index in [-0.39, 0.29) is 24.2 Å². The van der Waals surface area contributed by atoms with Gasteiger partial charge in [0.15, 0.2) is 0 Å². The maximum absolute atomic E-state index is 13.6. The van der Waals surface area contributed by atoms with Crippen molar-refractivity contribution >= 4 is 5.91 Å². The van der Waals surface area contributed by atoms with Gasteiger partial charge in [0.2, 0.25) is 5.91 Å². The summed E-state index contributed by atoms with van der Waals surface area (Å²) in [5, 5.41) is 2.95. The van der Waals surface area contributed by atoms with Crippen LogP contribution in [0.3, 0.4) is 0 Å². The Labute approximate surface area is 131 Å². The van der Waals surface area contributed by atoms with Crippen molar-refractivity contribution in [2.75, 3.05) is 0 Å². The molecule has 0 aliphatic carbocycles. The lowest BCUT2D eigenvalue weighted by molar-refractivity contribution is -0.121. The summed E-state index contributed by atoms with van der Waals surface area (Å²) in [6.45, 7) is 8.14. The summed E-state index contributed by atoms with van der Waals surface area (Å²) in [6.07, 6.45) is 0.0565. The number of nitrogens with one attached hydrogen (secondary N) is 1. The first-order valence-electron chi connectivity index (χ1n) is 7.49. The van der Waals surface area contributed by atoms with E-state index in [2.05, 4.69) is 31.3 Å². The molecule has 0 bridgehead atoms. The van der Waals surface area contributed by atoms with Crippen molar-refractivity contribution in [2.24, 2.45) is 0 Å². The summed E-state index contributed by atoms with van der Waals surface area (Å²) in [7, 11) is 0. The van der Waals surface area contributed by atoms with E-state index in [0.29, 0.717) is 5.56 Å². The fourth-order valence-electron chi connectivity index (χ4n) is 2.63. The van der Waals surface area contributed by atoms with Crippen LogP contribution in [0.25, 0.3) is 0 Å². The van der Waals surface area contributed by atoms with E-state index in [1.165, 1.54) is 17.2 Å². The Balaban J connectivity index is 2.09. The molecule has 1 atom stereocenters. The van der Waals surface area contributed by atoms with Crippen LogP contribution < -0.4 is 5.32 Å². The van der Waals surface area contributed by atoms with Crippen LogP contribution in [0.15, 0.2) is 36.4 Å². The molecule has 1 amide bonds. The van der Waals surface area contributed by atoms with Crippen LogP contribution in [0.4, 0.5) is 4.39 Å². The maximum Gasteiger partial charge on any atom is 0.225 e. The van der Waals surface area contributed by atoms with Crippen LogP contribution in [-0.4, -0.2) is 5.91 Å². The minimum Gasteiger partial charge on any atom is -0.349 e. The van der Waals surface area contributed by atoms with Gasteiger partial charge in [0, 0.05) is 0 Å². The average molecular weight is 299 g/mol. The highest BCUT2D eigenvalue weighted by molar-refractivity contribution is 5.79. The van der Waals surface area contributed by atoms with E-state index in [0.717, 1.165) is 11.1 Å². The first-order valence-corrected chi connectivity index (χ1v) is 7.49. The molecule has 2 nitrogen and oxygen atoms in total. The summed E-state index contributed by atoms with van der Waals surface area (Å²) in [5.41, 5.74) is 5.12. The van der Waals surface area contributed by atoms with Crippen molar-refractivity contribution in [3.63, 3.8) is 0 Å². The van der Waals surface area contributed by atoms with E-state index in [1.807, 2.05) is 13.8 Å². The largest absolute Gasteiger partial charge is 0.349 e. The van der Waals surface area contributed by atoms with Crippen molar-refractivity contribution < 1.29 is 9.18 Å². The van der Waals surface area contributed by atoms with Crippen LogP contribution >= 0.6 is 0 Å². The summed E-state index contributed by atoms with van der Waals surface area (Å²) in [4.78, 5) is 12.1. The van der Waals surface area contributed by atoms with Crippen molar-refractivity contribution in [2.45, 2.75) is 40.2 Å². The molecule has 0 radical (unpaired) electrons. The number of benzene rings is 2. The number of halogens is 1. The minimum absolute atomic E-state index is 0.0565. The summed E-state index contributed by atoms with van der Waals surface area (Å²) in [6, 6.07) is 10.5. The molecule has 0 fully saturated rings. The summed E-state index contributed by atoms with van der Waals surface area (Å²) in [5.74, 6) is -0.511. The van der Waals surface area contributed by atoms with Gasteiger partial charge in [-0.1, -0.05) is 30.3 Å². The van der Waals surface area contributed by atoms with Gasteiger partial charge in [0.05, 0.1) is 12.5 Å². The summed E-state index contributed by atoms with van der Waals surface area (Å²) < 4.78 is 13.6. The predicted molar refractivity (Wildman–Crippen MR) is 87.3 cm³/mol. The first-order chi connectivity index (χ1) is 10.4. The smallest absolute Gasteiger partial charge is 0.225 e. The Bertz CT molecular complexity index is 694. The third-order valence-corrected chi connectivity index (χ3v) is 4.04. The quantitative estimate of drug-likeness (QED) is 0.902. The zero-order chi connectivity index (χ0) is 16.3. The number of carbonyl (C=O) groups excluding carboxylic acids is 1. The topological polar surface area (TPSA) is 29.1 Å². The molecule has 2 aromatic carbocycles. The van der Waals surface area contributed by atoms with Crippen LogP contribution in [0, 0.1) is 26.6 Å². The van der Waals surface area contributed by atoms with E-state index < -0.39 is 0 Å². The normalized spacial score (nSPS) is 12.0. The monoisotopic (exact) mass is 299 g/mol. The van der Waals surface area contributed by atoms with Crippen LogP contribution in [0.1, 0.15) is 40.8 Å². The second kappa shape index (κ2) is 6.73. The average Bonchev–Trinajstić information content (AvgIpc) is 2.45. The number of rotatable bonds is 4. The minimum atomic E-state index is -0.340. The van der Waals surface area contributed by atoms with E-state index >= 15 is 0 Å². The van der Waals surface area contributed by atoms with Crippen LogP contribution in [-0.2, 0) is 11.2 Å². The predicted octanol–water partition coefficient (Wildman–Crippen LogP) is 4.17. The molecule has 0 heterocycles. The zero-order valence-electron chi connectivity index (χ0n) is 13.5. The Hall–Kier alpha value is -2.16. The standard InChI is InChI=1S/C19H22FNO/c1-12-9-14(3)17(10-13(12)2)15(4)21-19(22)11-16-7-5-6-8-18(16)20/h5-10,15H,11H2,1-4H3,(H,21,22)/t15-/m0/s1. The van der Waals surface area contributed by atoms with Crippen LogP contribution in [0.2, 0.25) is 0 Å². The Morgan fingerprint density at radius 1 is 1.09 bits per heavy atom. The van der Waals surface area contributed by atoms with Gasteiger partial charge in [0.1, 0.15) is 5.82 Å². The number of carbonyl (C=O) groups is 1. The number of amides is 1. The SMILES string of the molecule is Cc1cc(C)c([C@H](C)NC(=O)Cc2ccccc2F)cc1C. The fraction of sp³-hybridized carbons (Fsp3) is 0.316. The highest BCUT2D eigenvalue weighted by Crippen LogP contribution is 2.21. The highest BCUT2D eigenvalue weighted by Gasteiger charge is 2.14. The number of hydrogen-bond acceptors (Lipinski definition) is 1. The van der Waals surface area contributed by atoms with Gasteiger partial charge in [-0.15, -0.1) is 0 Å². The molecule has 22 heavy (non-hydrogen) atoms. The van der Waals surface area contributed by atoms with Crippen LogP contribution in [0.5, 0.6) is 0 Å². The molecule has 2 rings (SSSR count). The third-order valence-electron chi connectivity index (χ3n) is 4.04. The lowest BCUT2D eigenvalue weighted by Gasteiger charge is -2.18. The summed E-state index contributed by atoms with van der Waals surface area (Å²) >= 11 is 0. The van der Waals surface area contributed by atoms with Gasteiger partial charge in [0.25, 0.3) is 0 Å². The highest BCUT2D eigenvalue weighted by atomic mass is 19.1. The van der Waals surface area contributed by atoms with E-state index in [4.69, 9.17) is 0 Å². The maximum atomic E-state index is 13.6. The van der Waals surface area contributed by atoms with E-state index in [9.17, 15) is 9.18 Å². The lowest BCUT2D eigenvalue weighted by atomic mass is 9.96.